The molecule has 0 saturated heterocycles. The van der Waals surface area contributed by atoms with Gasteiger partial charge in [0, 0.05) is 10.9 Å². The van der Waals surface area contributed by atoms with Crippen molar-refractivity contribution in [2.45, 2.75) is 59.8 Å². The van der Waals surface area contributed by atoms with Gasteiger partial charge >= 0.3 is 0 Å². The Kier molecular flexibility index (Phi) is 6.15. The summed E-state index contributed by atoms with van der Waals surface area (Å²) in [5, 5.41) is 0.824. The minimum Gasteiger partial charge on any atom is -0.0843 e. The van der Waals surface area contributed by atoms with E-state index in [-0.39, 0.29) is 0 Å². The first-order valence-electron chi connectivity index (χ1n) is 8.84. The van der Waals surface area contributed by atoms with Gasteiger partial charge in [-0.3, -0.25) is 0 Å². The highest BCUT2D eigenvalue weighted by atomic mass is 35.5. The molecule has 1 fully saturated rings. The number of rotatable bonds is 4. The molecule has 0 radical (unpaired) electrons. The Hall–Kier alpha value is -0.750. The molecule has 22 heavy (non-hydrogen) atoms. The lowest BCUT2D eigenvalue weighted by molar-refractivity contribution is 0.305. The fraction of sp³-hybridized carbons (Fsp3) is 0.619. The lowest BCUT2D eigenvalue weighted by Crippen LogP contribution is -2.21. The van der Waals surface area contributed by atoms with Gasteiger partial charge in [-0.25, -0.2) is 0 Å². The molecule has 1 aromatic rings. The van der Waals surface area contributed by atoms with Gasteiger partial charge in [-0.2, -0.15) is 0 Å². The van der Waals surface area contributed by atoms with E-state index in [0.29, 0.717) is 11.8 Å². The summed E-state index contributed by atoms with van der Waals surface area (Å²) in [7, 11) is 0. The summed E-state index contributed by atoms with van der Waals surface area (Å²) < 4.78 is 0. The van der Waals surface area contributed by atoms with Gasteiger partial charge in [-0.05, 0) is 60.6 Å². The normalized spacial score (nSPS) is 25.9. The van der Waals surface area contributed by atoms with Gasteiger partial charge in [-0.15, -0.1) is 0 Å². The summed E-state index contributed by atoms with van der Waals surface area (Å²) >= 11 is 6.06. The molecular weight excluding hydrogens is 288 g/mol. The SMILES string of the molecule is CC(C)[C@@H]1CC[C@@H](C)C/C1=C\[C@H](c1ccc(Cl)cc1)C(C)C. The summed E-state index contributed by atoms with van der Waals surface area (Å²) in [5.41, 5.74) is 3.09. The first kappa shape index (κ1) is 17.6. The molecule has 2 rings (SSSR count). The van der Waals surface area contributed by atoms with Crippen LogP contribution >= 0.6 is 11.6 Å². The van der Waals surface area contributed by atoms with Gasteiger partial charge in [0.2, 0.25) is 0 Å². The second kappa shape index (κ2) is 7.68. The van der Waals surface area contributed by atoms with Crippen LogP contribution in [-0.4, -0.2) is 0 Å². The van der Waals surface area contributed by atoms with E-state index >= 15 is 0 Å². The van der Waals surface area contributed by atoms with Crippen LogP contribution in [0.2, 0.25) is 5.02 Å². The highest BCUT2D eigenvalue weighted by Crippen LogP contribution is 2.40. The monoisotopic (exact) mass is 318 g/mol. The van der Waals surface area contributed by atoms with E-state index in [4.69, 9.17) is 11.6 Å². The van der Waals surface area contributed by atoms with Crippen LogP contribution in [0.5, 0.6) is 0 Å². The molecule has 3 atom stereocenters. The first-order chi connectivity index (χ1) is 10.4. The topological polar surface area (TPSA) is 0 Å². The second-order valence-electron chi connectivity index (χ2n) is 7.80. The summed E-state index contributed by atoms with van der Waals surface area (Å²) in [6.07, 6.45) is 6.61. The van der Waals surface area contributed by atoms with Crippen LogP contribution in [-0.2, 0) is 0 Å². The molecule has 1 aromatic carbocycles. The Labute approximate surface area is 142 Å². The maximum absolute atomic E-state index is 6.06. The minimum absolute atomic E-state index is 0.499. The van der Waals surface area contributed by atoms with Crippen molar-refractivity contribution in [2.75, 3.05) is 0 Å². The fourth-order valence-corrected chi connectivity index (χ4v) is 3.97. The zero-order valence-electron chi connectivity index (χ0n) is 14.8. The molecule has 0 spiro atoms. The van der Waals surface area contributed by atoms with Crippen molar-refractivity contribution >= 4 is 11.6 Å². The van der Waals surface area contributed by atoms with Gasteiger partial charge in [0.15, 0.2) is 0 Å². The number of benzene rings is 1. The maximum atomic E-state index is 6.06. The molecule has 0 amide bonds. The first-order valence-corrected chi connectivity index (χ1v) is 9.22. The Morgan fingerprint density at radius 2 is 1.68 bits per heavy atom. The van der Waals surface area contributed by atoms with Gasteiger partial charge in [0.1, 0.15) is 0 Å². The molecule has 1 heteroatoms. The molecule has 1 saturated carbocycles. The quantitative estimate of drug-likeness (QED) is 0.519. The van der Waals surface area contributed by atoms with E-state index in [2.05, 4.69) is 52.8 Å². The predicted molar refractivity (Wildman–Crippen MR) is 98.5 cm³/mol. The van der Waals surface area contributed by atoms with E-state index < -0.39 is 0 Å². The fourth-order valence-electron chi connectivity index (χ4n) is 3.85. The Morgan fingerprint density at radius 3 is 2.23 bits per heavy atom. The zero-order chi connectivity index (χ0) is 16.3. The lowest BCUT2D eigenvalue weighted by atomic mass is 9.72. The van der Waals surface area contributed by atoms with Crippen molar-refractivity contribution < 1.29 is 0 Å². The highest BCUT2D eigenvalue weighted by Gasteiger charge is 2.27. The van der Waals surface area contributed by atoms with Crippen LogP contribution in [0, 0.1) is 23.7 Å². The van der Waals surface area contributed by atoms with E-state index in [1.165, 1.54) is 24.8 Å². The van der Waals surface area contributed by atoms with Crippen LogP contribution in [0.4, 0.5) is 0 Å². The van der Waals surface area contributed by atoms with Gasteiger partial charge < -0.3 is 0 Å². The largest absolute Gasteiger partial charge is 0.0843 e. The molecule has 1 aliphatic rings. The van der Waals surface area contributed by atoms with Crippen molar-refractivity contribution in [3.05, 3.63) is 46.5 Å². The molecular formula is C21H31Cl. The van der Waals surface area contributed by atoms with Crippen LogP contribution in [0.15, 0.2) is 35.9 Å². The predicted octanol–water partition coefficient (Wildman–Crippen LogP) is 7.10. The van der Waals surface area contributed by atoms with Crippen LogP contribution in [0.3, 0.4) is 0 Å². The number of hydrogen-bond acceptors (Lipinski definition) is 0. The van der Waals surface area contributed by atoms with E-state index in [0.717, 1.165) is 22.8 Å². The molecule has 0 bridgehead atoms. The van der Waals surface area contributed by atoms with Gasteiger partial charge in [-0.1, -0.05) is 70.0 Å². The van der Waals surface area contributed by atoms with Crippen molar-refractivity contribution in [1.82, 2.24) is 0 Å². The van der Waals surface area contributed by atoms with E-state index in [1.807, 2.05) is 12.1 Å². The lowest BCUT2D eigenvalue weighted by Gasteiger charge is -2.34. The number of halogens is 1. The van der Waals surface area contributed by atoms with E-state index in [1.54, 1.807) is 5.57 Å². The molecule has 122 valence electrons. The molecule has 0 aromatic heterocycles. The third-order valence-corrected chi connectivity index (χ3v) is 5.45. The Morgan fingerprint density at radius 1 is 1.05 bits per heavy atom. The average Bonchev–Trinajstić information content (AvgIpc) is 2.45. The van der Waals surface area contributed by atoms with Crippen molar-refractivity contribution in [3.8, 4) is 0 Å². The molecule has 0 aliphatic heterocycles. The Bertz CT molecular complexity index is 495. The third kappa shape index (κ3) is 4.38. The van der Waals surface area contributed by atoms with Crippen molar-refractivity contribution in [3.63, 3.8) is 0 Å². The van der Waals surface area contributed by atoms with Crippen LogP contribution in [0.1, 0.15) is 65.4 Å². The van der Waals surface area contributed by atoms with Crippen LogP contribution in [0.25, 0.3) is 0 Å². The van der Waals surface area contributed by atoms with Gasteiger partial charge in [0.05, 0.1) is 0 Å². The summed E-state index contributed by atoms with van der Waals surface area (Å²) in [5.74, 6) is 3.46. The summed E-state index contributed by atoms with van der Waals surface area (Å²) in [6.45, 7) is 11.8. The molecule has 0 heterocycles. The smallest absolute Gasteiger partial charge is 0.0406 e. The number of allylic oxidation sites excluding steroid dienone is 2. The molecule has 1 aliphatic carbocycles. The zero-order valence-corrected chi connectivity index (χ0v) is 15.5. The maximum Gasteiger partial charge on any atom is 0.0406 e. The van der Waals surface area contributed by atoms with Gasteiger partial charge in [0.25, 0.3) is 0 Å². The number of hydrogen-bond donors (Lipinski definition) is 0. The summed E-state index contributed by atoms with van der Waals surface area (Å²) in [4.78, 5) is 0. The summed E-state index contributed by atoms with van der Waals surface area (Å²) in [6, 6.07) is 8.43. The minimum atomic E-state index is 0.499. The molecule has 0 nitrogen and oxygen atoms in total. The molecule has 0 N–H and O–H groups in total. The van der Waals surface area contributed by atoms with Crippen molar-refractivity contribution in [1.29, 1.82) is 0 Å². The highest BCUT2D eigenvalue weighted by molar-refractivity contribution is 6.30. The van der Waals surface area contributed by atoms with E-state index in [9.17, 15) is 0 Å². The third-order valence-electron chi connectivity index (χ3n) is 5.20. The van der Waals surface area contributed by atoms with Crippen LogP contribution < -0.4 is 0 Å². The Balaban J connectivity index is 2.32. The van der Waals surface area contributed by atoms with Crippen molar-refractivity contribution in [2.24, 2.45) is 23.7 Å². The molecule has 0 unspecified atom stereocenters. The average molecular weight is 319 g/mol. The second-order valence-corrected chi connectivity index (χ2v) is 8.24. The standard InChI is InChI=1S/C21H31Cl/c1-14(2)20-11-6-16(5)12-18(20)13-21(15(3)4)17-7-9-19(22)10-8-17/h7-10,13-16,20-21H,6,11-12H2,1-5H3/b18-13+/t16-,20+,21+/m1/s1.